The maximum atomic E-state index is 13.2. The molecule has 3 aromatic rings. The SMILES string of the molecule is CCOc1cc(/C=C2\C(=O)NC(=O)N(c3cccc(Cl)c3)C2=O)cc(Br)c1Cc1cc(C)cc(C)c1. The van der Waals surface area contributed by atoms with E-state index in [1.165, 1.54) is 23.3 Å². The highest BCUT2D eigenvalue weighted by Crippen LogP contribution is 2.33. The van der Waals surface area contributed by atoms with Crippen molar-refractivity contribution >= 4 is 57.1 Å². The fourth-order valence-electron chi connectivity index (χ4n) is 4.22. The molecule has 0 spiro atoms. The van der Waals surface area contributed by atoms with Crippen molar-refractivity contribution in [3.05, 3.63) is 97.5 Å². The van der Waals surface area contributed by atoms with E-state index in [-0.39, 0.29) is 11.3 Å². The van der Waals surface area contributed by atoms with Gasteiger partial charge in [0.1, 0.15) is 11.3 Å². The van der Waals surface area contributed by atoms with Crippen molar-refractivity contribution in [3.63, 3.8) is 0 Å². The fourth-order valence-corrected chi connectivity index (χ4v) is 5.00. The highest BCUT2D eigenvalue weighted by Gasteiger charge is 2.37. The first-order chi connectivity index (χ1) is 17.2. The number of hydrogen-bond donors (Lipinski definition) is 1. The van der Waals surface area contributed by atoms with Crippen molar-refractivity contribution < 1.29 is 19.1 Å². The van der Waals surface area contributed by atoms with Crippen LogP contribution in [0, 0.1) is 13.8 Å². The Hall–Kier alpha value is -3.42. The van der Waals surface area contributed by atoms with Crippen LogP contribution in [0.5, 0.6) is 5.75 Å². The number of anilines is 1. The zero-order chi connectivity index (χ0) is 26.0. The first kappa shape index (κ1) is 25.7. The summed E-state index contributed by atoms with van der Waals surface area (Å²) in [4.78, 5) is 39.2. The molecule has 0 radical (unpaired) electrons. The number of carbonyl (C=O) groups excluding carboxylic acids is 3. The van der Waals surface area contributed by atoms with Crippen LogP contribution in [0.3, 0.4) is 0 Å². The predicted octanol–water partition coefficient (Wildman–Crippen LogP) is 6.38. The molecule has 0 unspecified atom stereocenters. The average molecular weight is 568 g/mol. The molecule has 1 aliphatic heterocycles. The van der Waals surface area contributed by atoms with E-state index in [4.69, 9.17) is 16.3 Å². The van der Waals surface area contributed by atoms with Crippen LogP contribution in [0.25, 0.3) is 6.08 Å². The Labute approximate surface area is 223 Å². The lowest BCUT2D eigenvalue weighted by Gasteiger charge is -2.26. The second kappa shape index (κ2) is 10.7. The van der Waals surface area contributed by atoms with Crippen LogP contribution in [0.2, 0.25) is 5.02 Å². The van der Waals surface area contributed by atoms with Crippen LogP contribution < -0.4 is 15.0 Å². The molecular weight excluding hydrogens is 544 g/mol. The number of urea groups is 1. The molecule has 184 valence electrons. The molecule has 8 heteroatoms. The molecule has 1 aliphatic rings. The number of benzene rings is 3. The molecule has 0 aromatic heterocycles. The van der Waals surface area contributed by atoms with Crippen molar-refractivity contribution in [2.45, 2.75) is 27.2 Å². The quantitative estimate of drug-likeness (QED) is 0.277. The maximum Gasteiger partial charge on any atom is 0.335 e. The third kappa shape index (κ3) is 5.53. The number of halogens is 2. The van der Waals surface area contributed by atoms with Gasteiger partial charge in [-0.3, -0.25) is 14.9 Å². The number of hydrogen-bond acceptors (Lipinski definition) is 4. The van der Waals surface area contributed by atoms with E-state index >= 15 is 0 Å². The molecule has 1 fully saturated rings. The first-order valence-corrected chi connectivity index (χ1v) is 12.5. The van der Waals surface area contributed by atoms with Crippen molar-refractivity contribution in [3.8, 4) is 5.75 Å². The maximum absolute atomic E-state index is 13.2. The van der Waals surface area contributed by atoms with Gasteiger partial charge in [-0.25, -0.2) is 9.69 Å². The number of nitrogens with one attached hydrogen (secondary N) is 1. The Balaban J connectivity index is 1.73. The van der Waals surface area contributed by atoms with E-state index in [1.54, 1.807) is 24.3 Å². The fraction of sp³-hybridized carbons (Fsp3) is 0.179. The molecule has 0 atom stereocenters. The van der Waals surface area contributed by atoms with Crippen LogP contribution in [0.4, 0.5) is 10.5 Å². The number of carbonyl (C=O) groups is 3. The minimum Gasteiger partial charge on any atom is -0.494 e. The summed E-state index contributed by atoms with van der Waals surface area (Å²) in [5.41, 5.74) is 5.14. The summed E-state index contributed by atoms with van der Waals surface area (Å²) in [6.45, 7) is 6.47. The zero-order valence-corrected chi connectivity index (χ0v) is 22.4. The van der Waals surface area contributed by atoms with Gasteiger partial charge in [0.25, 0.3) is 11.8 Å². The molecule has 0 aliphatic carbocycles. The third-order valence-electron chi connectivity index (χ3n) is 5.62. The summed E-state index contributed by atoms with van der Waals surface area (Å²) < 4.78 is 6.71. The second-order valence-electron chi connectivity index (χ2n) is 8.52. The van der Waals surface area contributed by atoms with Gasteiger partial charge in [0, 0.05) is 21.5 Å². The number of amides is 4. The highest BCUT2D eigenvalue weighted by molar-refractivity contribution is 9.10. The van der Waals surface area contributed by atoms with E-state index in [0.717, 1.165) is 20.5 Å². The highest BCUT2D eigenvalue weighted by atomic mass is 79.9. The number of ether oxygens (including phenoxy) is 1. The summed E-state index contributed by atoms with van der Waals surface area (Å²) in [6.07, 6.45) is 2.10. The van der Waals surface area contributed by atoms with E-state index in [1.807, 2.05) is 13.0 Å². The summed E-state index contributed by atoms with van der Waals surface area (Å²) >= 11 is 9.69. The molecule has 36 heavy (non-hydrogen) atoms. The second-order valence-corrected chi connectivity index (χ2v) is 9.81. The Morgan fingerprint density at radius 2 is 1.75 bits per heavy atom. The number of barbiturate groups is 1. The number of aryl methyl sites for hydroxylation is 2. The van der Waals surface area contributed by atoms with Gasteiger partial charge in [0.05, 0.1) is 12.3 Å². The lowest BCUT2D eigenvalue weighted by molar-refractivity contribution is -0.122. The molecule has 1 N–H and O–H groups in total. The predicted molar refractivity (Wildman–Crippen MR) is 144 cm³/mol. The van der Waals surface area contributed by atoms with E-state index in [0.29, 0.717) is 29.4 Å². The monoisotopic (exact) mass is 566 g/mol. The normalized spacial score (nSPS) is 14.9. The van der Waals surface area contributed by atoms with Crippen molar-refractivity contribution in [2.75, 3.05) is 11.5 Å². The van der Waals surface area contributed by atoms with Crippen molar-refractivity contribution in [2.24, 2.45) is 0 Å². The molecule has 4 rings (SSSR count). The Bertz CT molecular complexity index is 1400. The first-order valence-electron chi connectivity index (χ1n) is 11.4. The van der Waals surface area contributed by atoms with Gasteiger partial charge in [0.15, 0.2) is 0 Å². The molecule has 3 aromatic carbocycles. The molecular formula is C28H24BrClN2O4. The minimum absolute atomic E-state index is 0.175. The van der Waals surface area contributed by atoms with Gasteiger partial charge in [-0.1, -0.05) is 62.9 Å². The van der Waals surface area contributed by atoms with Gasteiger partial charge in [0.2, 0.25) is 0 Å². The lowest BCUT2D eigenvalue weighted by atomic mass is 9.98. The molecule has 0 saturated carbocycles. The standard InChI is InChI=1S/C28H24BrClN2O4/c1-4-36-25-14-19(13-24(29)22(25)11-18-9-16(2)8-17(3)10-18)12-23-26(33)31-28(35)32(27(23)34)21-7-5-6-20(30)15-21/h5-10,12-15H,4,11H2,1-3H3,(H,31,33,35)/b23-12+. The lowest BCUT2D eigenvalue weighted by Crippen LogP contribution is -2.54. The van der Waals surface area contributed by atoms with Crippen LogP contribution >= 0.6 is 27.5 Å². The summed E-state index contributed by atoms with van der Waals surface area (Å²) in [6, 6.07) is 15.5. The summed E-state index contributed by atoms with van der Waals surface area (Å²) in [5, 5.41) is 2.59. The van der Waals surface area contributed by atoms with Crippen LogP contribution in [0.1, 0.15) is 34.7 Å². The van der Waals surface area contributed by atoms with Crippen LogP contribution in [0.15, 0.2) is 64.6 Å². The zero-order valence-electron chi connectivity index (χ0n) is 20.0. The van der Waals surface area contributed by atoms with E-state index in [9.17, 15) is 14.4 Å². The van der Waals surface area contributed by atoms with E-state index in [2.05, 4.69) is 53.3 Å². The number of rotatable bonds is 6. The smallest absolute Gasteiger partial charge is 0.335 e. The molecule has 1 saturated heterocycles. The minimum atomic E-state index is -0.829. The van der Waals surface area contributed by atoms with Gasteiger partial charge < -0.3 is 4.74 Å². The molecule has 0 bridgehead atoms. The molecule has 4 amide bonds. The number of nitrogens with zero attached hydrogens (tertiary/aromatic N) is 1. The largest absolute Gasteiger partial charge is 0.494 e. The Kier molecular flexibility index (Phi) is 7.62. The average Bonchev–Trinajstić information content (AvgIpc) is 2.78. The summed E-state index contributed by atoms with van der Waals surface area (Å²) in [7, 11) is 0. The third-order valence-corrected chi connectivity index (χ3v) is 6.56. The van der Waals surface area contributed by atoms with Crippen LogP contribution in [-0.4, -0.2) is 24.5 Å². The van der Waals surface area contributed by atoms with Crippen molar-refractivity contribution in [1.29, 1.82) is 0 Å². The Morgan fingerprint density at radius 1 is 1.03 bits per heavy atom. The topological polar surface area (TPSA) is 75.7 Å². The van der Waals surface area contributed by atoms with Gasteiger partial charge in [-0.15, -0.1) is 0 Å². The summed E-state index contributed by atoms with van der Waals surface area (Å²) in [5.74, 6) is -0.861. The molecule has 6 nitrogen and oxygen atoms in total. The molecule has 1 heterocycles. The number of imide groups is 2. The van der Waals surface area contributed by atoms with Crippen LogP contribution in [-0.2, 0) is 16.0 Å². The van der Waals surface area contributed by atoms with E-state index < -0.39 is 17.8 Å². The van der Waals surface area contributed by atoms with Crippen molar-refractivity contribution in [1.82, 2.24) is 5.32 Å². The Morgan fingerprint density at radius 3 is 2.42 bits per heavy atom. The van der Waals surface area contributed by atoms with Gasteiger partial charge >= 0.3 is 6.03 Å². The van der Waals surface area contributed by atoms with Gasteiger partial charge in [-0.2, -0.15) is 0 Å². The van der Waals surface area contributed by atoms with Gasteiger partial charge in [-0.05, 0) is 68.3 Å².